The van der Waals surface area contributed by atoms with Crippen molar-refractivity contribution in [1.82, 2.24) is 0 Å². The molecule has 0 N–H and O–H groups in total. The number of hydrogen-bond acceptors (Lipinski definition) is 2. The van der Waals surface area contributed by atoms with Crippen LogP contribution in [0.25, 0.3) is 0 Å². The van der Waals surface area contributed by atoms with Crippen LogP contribution in [0.15, 0.2) is 18.2 Å². The van der Waals surface area contributed by atoms with Crippen molar-refractivity contribution in [2.45, 2.75) is 0 Å². The van der Waals surface area contributed by atoms with E-state index in [0.29, 0.717) is 5.56 Å². The quantitative estimate of drug-likeness (QED) is 0.427. The molecule has 0 bridgehead atoms. The van der Waals surface area contributed by atoms with E-state index in [1.54, 1.807) is 19.2 Å². The van der Waals surface area contributed by atoms with E-state index >= 15 is 0 Å². The fourth-order valence-electron chi connectivity index (χ4n) is 0.910. The zero-order chi connectivity index (χ0) is 8.27. The summed E-state index contributed by atoms with van der Waals surface area (Å²) in [5.74, 6) is 0.759. The van der Waals surface area contributed by atoms with E-state index in [0.717, 1.165) is 17.5 Å². The van der Waals surface area contributed by atoms with Crippen LogP contribution < -0.4 is 10.2 Å². The van der Waals surface area contributed by atoms with Gasteiger partial charge in [-0.25, -0.2) is 0 Å². The van der Waals surface area contributed by atoms with E-state index in [-0.39, 0.29) is 0 Å². The molecule has 2 nitrogen and oxygen atoms in total. The maximum Gasteiger partial charge on any atom is 0.150 e. The maximum atomic E-state index is 10.3. The van der Waals surface area contributed by atoms with Crippen molar-refractivity contribution in [3.8, 4) is 5.75 Å². The smallest absolute Gasteiger partial charge is 0.150 e. The highest BCUT2D eigenvalue weighted by molar-refractivity contribution is 6.34. The zero-order valence-corrected chi connectivity index (χ0v) is 6.63. The van der Waals surface area contributed by atoms with Crippen LogP contribution in [-0.4, -0.2) is 21.2 Å². The SMILES string of the molecule is Bc1ccc(C=O)cc1OC. The molecular formula is C8H9BO2. The van der Waals surface area contributed by atoms with Gasteiger partial charge >= 0.3 is 0 Å². The molecule has 3 heteroatoms. The Morgan fingerprint density at radius 3 is 2.82 bits per heavy atom. The van der Waals surface area contributed by atoms with Crippen molar-refractivity contribution in [3.05, 3.63) is 23.8 Å². The largest absolute Gasteiger partial charge is 0.497 e. The summed E-state index contributed by atoms with van der Waals surface area (Å²) < 4.78 is 5.03. The minimum Gasteiger partial charge on any atom is -0.497 e. The molecule has 0 amide bonds. The third kappa shape index (κ3) is 1.61. The van der Waals surface area contributed by atoms with Gasteiger partial charge in [0.25, 0.3) is 0 Å². The van der Waals surface area contributed by atoms with Gasteiger partial charge in [0.15, 0.2) is 0 Å². The van der Waals surface area contributed by atoms with Gasteiger partial charge in [0.2, 0.25) is 0 Å². The molecule has 0 saturated carbocycles. The van der Waals surface area contributed by atoms with E-state index in [2.05, 4.69) is 0 Å². The average Bonchev–Trinajstić information content (AvgIpc) is 2.05. The lowest BCUT2D eigenvalue weighted by atomic mass is 9.94. The van der Waals surface area contributed by atoms with Gasteiger partial charge in [-0.1, -0.05) is 12.1 Å². The Bertz CT molecular complexity index is 271. The summed E-state index contributed by atoms with van der Waals surface area (Å²) in [5, 5.41) is 0. The molecule has 0 radical (unpaired) electrons. The van der Waals surface area contributed by atoms with Crippen LogP contribution >= 0.6 is 0 Å². The first-order chi connectivity index (χ1) is 5.27. The Morgan fingerprint density at radius 2 is 2.27 bits per heavy atom. The molecule has 0 unspecified atom stereocenters. The minimum absolute atomic E-state index is 0.646. The molecule has 0 aliphatic carbocycles. The number of carbonyl (C=O) groups is 1. The van der Waals surface area contributed by atoms with E-state index in [1.807, 2.05) is 13.9 Å². The highest BCUT2D eigenvalue weighted by Gasteiger charge is 1.97. The lowest BCUT2D eigenvalue weighted by Crippen LogP contribution is -2.06. The second kappa shape index (κ2) is 3.24. The van der Waals surface area contributed by atoms with E-state index in [9.17, 15) is 4.79 Å². The molecule has 0 aliphatic heterocycles. The average molecular weight is 148 g/mol. The van der Waals surface area contributed by atoms with Gasteiger partial charge < -0.3 is 4.74 Å². The predicted molar refractivity (Wildman–Crippen MR) is 46.6 cm³/mol. The van der Waals surface area contributed by atoms with Crippen molar-refractivity contribution in [2.24, 2.45) is 0 Å². The van der Waals surface area contributed by atoms with Gasteiger partial charge in [0, 0.05) is 5.56 Å². The molecule has 0 fully saturated rings. The molecule has 56 valence electrons. The molecule has 0 saturated heterocycles. The lowest BCUT2D eigenvalue weighted by Gasteiger charge is -2.03. The summed E-state index contributed by atoms with van der Waals surface area (Å²) in [4.78, 5) is 10.3. The third-order valence-corrected chi connectivity index (χ3v) is 1.57. The Morgan fingerprint density at radius 1 is 1.55 bits per heavy atom. The fraction of sp³-hybridized carbons (Fsp3) is 0.125. The fourth-order valence-corrected chi connectivity index (χ4v) is 0.910. The molecule has 0 atom stereocenters. The van der Waals surface area contributed by atoms with E-state index < -0.39 is 0 Å². The third-order valence-electron chi connectivity index (χ3n) is 1.57. The lowest BCUT2D eigenvalue weighted by molar-refractivity contribution is 0.112. The second-order valence-corrected chi connectivity index (χ2v) is 2.35. The number of benzene rings is 1. The summed E-state index contributed by atoms with van der Waals surface area (Å²) in [7, 11) is 3.53. The Labute approximate surface area is 66.6 Å². The summed E-state index contributed by atoms with van der Waals surface area (Å²) in [6, 6.07) is 5.36. The molecule has 1 aromatic carbocycles. The number of hydrogen-bond donors (Lipinski definition) is 0. The highest BCUT2D eigenvalue weighted by atomic mass is 16.5. The Hall–Kier alpha value is -1.25. The molecule has 1 rings (SSSR count). The van der Waals surface area contributed by atoms with Crippen molar-refractivity contribution in [2.75, 3.05) is 7.11 Å². The highest BCUT2D eigenvalue weighted by Crippen LogP contribution is 2.06. The second-order valence-electron chi connectivity index (χ2n) is 2.35. The first-order valence-corrected chi connectivity index (χ1v) is 3.37. The van der Waals surface area contributed by atoms with Gasteiger partial charge in [0.1, 0.15) is 19.9 Å². The molecule has 0 heterocycles. The molecule has 11 heavy (non-hydrogen) atoms. The van der Waals surface area contributed by atoms with Crippen LogP contribution in [0.2, 0.25) is 0 Å². The molecule has 1 aromatic rings. The minimum atomic E-state index is 0.646. The number of carbonyl (C=O) groups excluding carboxylic acids is 1. The van der Waals surface area contributed by atoms with E-state index in [4.69, 9.17) is 4.74 Å². The summed E-state index contributed by atoms with van der Waals surface area (Å²) in [6.07, 6.45) is 0.807. The maximum absolute atomic E-state index is 10.3. The normalized spacial score (nSPS) is 9.18. The summed E-state index contributed by atoms with van der Waals surface area (Å²) in [6.45, 7) is 0. The summed E-state index contributed by atoms with van der Waals surface area (Å²) >= 11 is 0. The van der Waals surface area contributed by atoms with Crippen LogP contribution in [0.5, 0.6) is 5.75 Å². The van der Waals surface area contributed by atoms with Crippen LogP contribution in [0.1, 0.15) is 10.4 Å². The van der Waals surface area contributed by atoms with E-state index in [1.165, 1.54) is 0 Å². The monoisotopic (exact) mass is 148 g/mol. The summed E-state index contributed by atoms with van der Waals surface area (Å²) in [5.41, 5.74) is 1.69. The number of ether oxygens (including phenoxy) is 1. The number of rotatable bonds is 2. The molecule has 0 spiro atoms. The van der Waals surface area contributed by atoms with Crippen molar-refractivity contribution < 1.29 is 9.53 Å². The predicted octanol–water partition coefficient (Wildman–Crippen LogP) is -0.234. The van der Waals surface area contributed by atoms with Crippen molar-refractivity contribution >= 4 is 19.6 Å². The first kappa shape index (κ1) is 7.86. The van der Waals surface area contributed by atoms with Crippen LogP contribution in [-0.2, 0) is 0 Å². The van der Waals surface area contributed by atoms with Crippen LogP contribution in [0.3, 0.4) is 0 Å². The van der Waals surface area contributed by atoms with Crippen LogP contribution in [0, 0.1) is 0 Å². The van der Waals surface area contributed by atoms with Gasteiger partial charge in [0.05, 0.1) is 7.11 Å². The number of methoxy groups -OCH3 is 1. The van der Waals surface area contributed by atoms with Crippen molar-refractivity contribution in [1.29, 1.82) is 0 Å². The van der Waals surface area contributed by atoms with Crippen molar-refractivity contribution in [3.63, 3.8) is 0 Å². The first-order valence-electron chi connectivity index (χ1n) is 3.37. The standard InChI is InChI=1S/C8H9BO2/c1-11-8-4-6(5-10)2-3-7(8)9/h2-5H,9H2,1H3. The van der Waals surface area contributed by atoms with Gasteiger partial charge in [-0.3, -0.25) is 4.79 Å². The Kier molecular flexibility index (Phi) is 2.31. The molecule has 0 aromatic heterocycles. The molecule has 0 aliphatic rings. The van der Waals surface area contributed by atoms with Gasteiger partial charge in [-0.05, 0) is 11.5 Å². The topological polar surface area (TPSA) is 26.3 Å². The number of aldehydes is 1. The Balaban J connectivity index is 3.12. The molecular weight excluding hydrogens is 139 g/mol. The van der Waals surface area contributed by atoms with Gasteiger partial charge in [-0.2, -0.15) is 0 Å². The van der Waals surface area contributed by atoms with Crippen LogP contribution in [0.4, 0.5) is 0 Å². The van der Waals surface area contributed by atoms with Gasteiger partial charge in [-0.15, -0.1) is 0 Å². The zero-order valence-electron chi connectivity index (χ0n) is 6.63.